The molecule has 3 rings (SSSR count). The normalized spacial score (nSPS) is 24.9. The zero-order valence-corrected chi connectivity index (χ0v) is 11.7. The molecule has 1 aromatic rings. The van der Waals surface area contributed by atoms with Crippen molar-refractivity contribution < 1.29 is 14.3 Å². The van der Waals surface area contributed by atoms with Gasteiger partial charge in [-0.2, -0.15) is 0 Å². The van der Waals surface area contributed by atoms with Crippen LogP contribution in [0.25, 0.3) is 0 Å². The van der Waals surface area contributed by atoms with Crippen molar-refractivity contribution in [1.29, 1.82) is 0 Å². The number of rotatable bonds is 2. The van der Waals surface area contributed by atoms with Gasteiger partial charge in [-0.25, -0.2) is 4.79 Å². The van der Waals surface area contributed by atoms with Crippen LogP contribution in [0.3, 0.4) is 0 Å². The molecule has 0 radical (unpaired) electrons. The molecule has 0 aliphatic carbocycles. The lowest BCUT2D eigenvalue weighted by Gasteiger charge is -2.33. The molecule has 1 N–H and O–H groups in total. The summed E-state index contributed by atoms with van der Waals surface area (Å²) in [5.41, 5.74) is -0.184. The lowest BCUT2D eigenvalue weighted by Crippen LogP contribution is -2.47. The molecule has 20 heavy (non-hydrogen) atoms. The maximum atomic E-state index is 12.8. The number of nitrogens with zero attached hydrogens (tertiary/aromatic N) is 1. The maximum Gasteiger partial charge on any atom is 0.325 e. The molecule has 0 bridgehead atoms. The number of fused-ring (bicyclic) bond motifs is 2. The summed E-state index contributed by atoms with van der Waals surface area (Å²) in [5.74, 6) is 0.765. The zero-order valence-electron chi connectivity index (χ0n) is 11.7. The second kappa shape index (κ2) is 4.51. The van der Waals surface area contributed by atoms with Crippen LogP contribution < -0.4 is 10.1 Å². The minimum Gasteiger partial charge on any atom is -0.493 e. The second-order valence-corrected chi connectivity index (χ2v) is 5.74. The predicted molar refractivity (Wildman–Crippen MR) is 73.3 cm³/mol. The average molecular weight is 274 g/mol. The van der Waals surface area contributed by atoms with E-state index in [4.69, 9.17) is 4.74 Å². The van der Waals surface area contributed by atoms with Crippen LogP contribution in [0.1, 0.15) is 25.8 Å². The molecule has 3 amide bonds. The third-order valence-electron chi connectivity index (χ3n) is 3.80. The predicted octanol–water partition coefficient (Wildman–Crippen LogP) is 1.87. The van der Waals surface area contributed by atoms with Crippen LogP contribution in [0.4, 0.5) is 4.79 Å². The summed E-state index contributed by atoms with van der Waals surface area (Å²) >= 11 is 0. The fourth-order valence-electron chi connectivity index (χ4n) is 2.90. The first-order chi connectivity index (χ1) is 9.54. The third-order valence-corrected chi connectivity index (χ3v) is 3.80. The molecule has 1 aromatic carbocycles. The Labute approximate surface area is 117 Å². The largest absolute Gasteiger partial charge is 0.493 e. The van der Waals surface area contributed by atoms with Gasteiger partial charge in [-0.15, -0.1) is 0 Å². The number of para-hydroxylation sites is 1. The van der Waals surface area contributed by atoms with Crippen molar-refractivity contribution in [2.45, 2.75) is 25.8 Å². The molecule has 1 spiro atoms. The lowest BCUT2D eigenvalue weighted by molar-refractivity contribution is -0.133. The van der Waals surface area contributed by atoms with Crippen LogP contribution in [-0.2, 0) is 10.3 Å². The Kier molecular flexibility index (Phi) is 2.92. The van der Waals surface area contributed by atoms with E-state index in [2.05, 4.69) is 5.32 Å². The Balaban J connectivity index is 2.03. The Hall–Kier alpha value is -2.04. The van der Waals surface area contributed by atoms with Gasteiger partial charge in [-0.1, -0.05) is 32.0 Å². The quantitative estimate of drug-likeness (QED) is 0.838. The first kappa shape index (κ1) is 13.0. The summed E-state index contributed by atoms with van der Waals surface area (Å²) < 4.78 is 5.59. The van der Waals surface area contributed by atoms with E-state index >= 15 is 0 Å². The second-order valence-electron chi connectivity index (χ2n) is 5.74. The van der Waals surface area contributed by atoms with Gasteiger partial charge in [0.2, 0.25) is 0 Å². The molecule has 2 heterocycles. The summed E-state index contributed by atoms with van der Waals surface area (Å²) in [7, 11) is 0. The Morgan fingerprint density at radius 3 is 2.85 bits per heavy atom. The van der Waals surface area contributed by atoms with Gasteiger partial charge in [0.15, 0.2) is 5.54 Å². The molecular formula is C15H18N2O3. The molecule has 5 nitrogen and oxygen atoms in total. The number of carbonyl (C=O) groups is 2. The van der Waals surface area contributed by atoms with E-state index in [0.29, 0.717) is 25.3 Å². The van der Waals surface area contributed by atoms with Gasteiger partial charge in [0.25, 0.3) is 5.91 Å². The smallest absolute Gasteiger partial charge is 0.325 e. The first-order valence-corrected chi connectivity index (χ1v) is 6.91. The van der Waals surface area contributed by atoms with Crippen molar-refractivity contribution in [2.24, 2.45) is 5.92 Å². The van der Waals surface area contributed by atoms with Crippen molar-refractivity contribution in [3.63, 3.8) is 0 Å². The van der Waals surface area contributed by atoms with Crippen LogP contribution in [-0.4, -0.2) is 30.0 Å². The molecule has 1 saturated heterocycles. The highest BCUT2D eigenvalue weighted by molar-refractivity contribution is 6.07. The average Bonchev–Trinajstić information content (AvgIpc) is 2.64. The van der Waals surface area contributed by atoms with Gasteiger partial charge in [-0.05, 0) is 12.0 Å². The molecule has 106 valence electrons. The number of carbonyl (C=O) groups excluding carboxylic acids is 2. The van der Waals surface area contributed by atoms with E-state index in [9.17, 15) is 9.59 Å². The highest BCUT2D eigenvalue weighted by atomic mass is 16.5. The molecule has 1 unspecified atom stereocenters. The summed E-state index contributed by atoms with van der Waals surface area (Å²) in [6, 6.07) is 7.11. The Morgan fingerprint density at radius 2 is 2.10 bits per heavy atom. The monoisotopic (exact) mass is 274 g/mol. The van der Waals surface area contributed by atoms with Crippen molar-refractivity contribution in [2.75, 3.05) is 13.2 Å². The number of nitrogens with one attached hydrogen (secondary N) is 1. The van der Waals surface area contributed by atoms with E-state index in [0.717, 1.165) is 5.56 Å². The van der Waals surface area contributed by atoms with Crippen LogP contribution in [0, 0.1) is 5.92 Å². The fraction of sp³-hybridized carbons (Fsp3) is 0.467. The van der Waals surface area contributed by atoms with E-state index in [1.54, 1.807) is 0 Å². The van der Waals surface area contributed by atoms with Crippen molar-refractivity contribution >= 4 is 11.9 Å². The summed E-state index contributed by atoms with van der Waals surface area (Å²) in [6.45, 7) is 4.85. The van der Waals surface area contributed by atoms with Crippen LogP contribution >= 0.6 is 0 Å². The van der Waals surface area contributed by atoms with Gasteiger partial charge >= 0.3 is 6.03 Å². The SMILES string of the molecule is CC(C)CN1C(=O)NC2(CCOc3ccccc32)C1=O. The van der Waals surface area contributed by atoms with Crippen molar-refractivity contribution in [3.05, 3.63) is 29.8 Å². The summed E-state index contributed by atoms with van der Waals surface area (Å²) in [6.07, 6.45) is 0.475. The minimum atomic E-state index is -0.944. The van der Waals surface area contributed by atoms with Crippen molar-refractivity contribution in [3.8, 4) is 5.75 Å². The van der Waals surface area contributed by atoms with E-state index in [1.165, 1.54) is 4.90 Å². The Bertz CT molecular complexity index is 570. The number of benzene rings is 1. The highest BCUT2D eigenvalue weighted by Gasteiger charge is 2.54. The number of hydrogen-bond donors (Lipinski definition) is 1. The number of urea groups is 1. The number of hydrogen-bond acceptors (Lipinski definition) is 3. The van der Waals surface area contributed by atoms with Gasteiger partial charge in [0.05, 0.1) is 6.61 Å². The van der Waals surface area contributed by atoms with Gasteiger partial charge in [-0.3, -0.25) is 9.69 Å². The summed E-state index contributed by atoms with van der Waals surface area (Å²) in [4.78, 5) is 26.3. The lowest BCUT2D eigenvalue weighted by atomic mass is 9.84. The highest BCUT2D eigenvalue weighted by Crippen LogP contribution is 2.40. The molecule has 2 aliphatic rings. The first-order valence-electron chi connectivity index (χ1n) is 6.91. The van der Waals surface area contributed by atoms with Crippen LogP contribution in [0.2, 0.25) is 0 Å². The molecule has 5 heteroatoms. The van der Waals surface area contributed by atoms with Crippen LogP contribution in [0.5, 0.6) is 5.75 Å². The van der Waals surface area contributed by atoms with E-state index in [-0.39, 0.29) is 17.9 Å². The van der Waals surface area contributed by atoms with Crippen LogP contribution in [0.15, 0.2) is 24.3 Å². The van der Waals surface area contributed by atoms with E-state index in [1.807, 2.05) is 38.1 Å². The molecule has 1 fully saturated rings. The van der Waals surface area contributed by atoms with E-state index < -0.39 is 5.54 Å². The molecular weight excluding hydrogens is 256 g/mol. The molecule has 1 atom stereocenters. The standard InChI is InChI=1S/C15H18N2O3/c1-10(2)9-17-13(18)15(16-14(17)19)7-8-20-12-6-4-3-5-11(12)15/h3-6,10H,7-9H2,1-2H3,(H,16,19). The van der Waals surface area contributed by atoms with Gasteiger partial charge in [0.1, 0.15) is 5.75 Å². The summed E-state index contributed by atoms with van der Waals surface area (Å²) in [5, 5.41) is 2.89. The topological polar surface area (TPSA) is 58.6 Å². The number of imide groups is 1. The Morgan fingerprint density at radius 1 is 1.35 bits per heavy atom. The maximum absolute atomic E-state index is 12.8. The van der Waals surface area contributed by atoms with Gasteiger partial charge in [0, 0.05) is 18.5 Å². The molecule has 0 aromatic heterocycles. The van der Waals surface area contributed by atoms with Crippen molar-refractivity contribution in [1.82, 2.24) is 10.2 Å². The molecule has 0 saturated carbocycles. The minimum absolute atomic E-state index is 0.160. The number of ether oxygens (including phenoxy) is 1. The fourth-order valence-corrected chi connectivity index (χ4v) is 2.90. The third kappa shape index (κ3) is 1.77. The number of amides is 3. The zero-order chi connectivity index (χ0) is 14.3. The van der Waals surface area contributed by atoms with Gasteiger partial charge < -0.3 is 10.1 Å². The molecule has 2 aliphatic heterocycles.